The largest absolute Gasteiger partial charge is 0.370 e. The molecule has 0 fully saturated rings. The molecule has 1 rings (SSSR count). The van der Waals surface area contributed by atoms with E-state index in [0.717, 1.165) is 42.5 Å². The van der Waals surface area contributed by atoms with Crippen LogP contribution in [-0.2, 0) is 12.2 Å². The number of rotatable bonds is 6. The monoisotopic (exact) mass is 267 g/mol. The molecule has 1 heterocycles. The van der Waals surface area contributed by atoms with Crippen molar-refractivity contribution in [3.8, 4) is 0 Å². The average Bonchev–Trinajstić information content (AvgIpc) is 2.32. The Morgan fingerprint density at radius 3 is 2.50 bits per heavy atom. The van der Waals surface area contributed by atoms with E-state index in [1.165, 1.54) is 0 Å². The normalized spacial score (nSPS) is 11.6. The highest BCUT2D eigenvalue weighted by Gasteiger charge is 2.12. The Balaban J connectivity index is 2.76. The zero-order chi connectivity index (χ0) is 13.6. The predicted molar refractivity (Wildman–Crippen MR) is 81.2 cm³/mol. The lowest BCUT2D eigenvalue weighted by Crippen LogP contribution is -2.10. The molecular formula is C14H25N3S. The maximum atomic E-state index is 4.59. The summed E-state index contributed by atoms with van der Waals surface area (Å²) in [4.78, 5) is 9.17. The van der Waals surface area contributed by atoms with Crippen LogP contribution in [0.5, 0.6) is 0 Å². The van der Waals surface area contributed by atoms with Crippen LogP contribution in [0.4, 0.5) is 5.82 Å². The molecule has 4 heteroatoms. The Kier molecular flexibility index (Phi) is 5.93. The van der Waals surface area contributed by atoms with Crippen molar-refractivity contribution < 1.29 is 0 Å². The molecule has 0 saturated carbocycles. The van der Waals surface area contributed by atoms with Crippen LogP contribution < -0.4 is 5.32 Å². The molecule has 0 amide bonds. The minimum absolute atomic E-state index is 0.253. The van der Waals surface area contributed by atoms with Crippen molar-refractivity contribution in [2.75, 3.05) is 11.9 Å². The van der Waals surface area contributed by atoms with Gasteiger partial charge in [0.2, 0.25) is 0 Å². The number of anilines is 1. The van der Waals surface area contributed by atoms with Crippen molar-refractivity contribution in [2.45, 2.75) is 58.0 Å². The first-order valence-electron chi connectivity index (χ1n) is 6.69. The van der Waals surface area contributed by atoms with Gasteiger partial charge in [-0.25, -0.2) is 9.97 Å². The summed E-state index contributed by atoms with van der Waals surface area (Å²) in [6, 6.07) is 2.06. The van der Waals surface area contributed by atoms with Crippen LogP contribution in [0.3, 0.4) is 0 Å². The third-order valence-electron chi connectivity index (χ3n) is 2.38. The van der Waals surface area contributed by atoms with Crippen LogP contribution in [0, 0.1) is 0 Å². The summed E-state index contributed by atoms with van der Waals surface area (Å²) in [5.74, 6) is 2.78. The molecule has 1 aromatic heterocycles. The molecule has 0 aliphatic carbocycles. The molecule has 0 bridgehead atoms. The van der Waals surface area contributed by atoms with Gasteiger partial charge in [-0.1, -0.05) is 34.6 Å². The number of nitrogens with zero attached hydrogens (tertiary/aromatic N) is 2. The molecule has 0 radical (unpaired) electrons. The summed E-state index contributed by atoms with van der Waals surface area (Å²) in [5.41, 5.74) is 1.12. The van der Waals surface area contributed by atoms with E-state index < -0.39 is 0 Å². The molecule has 0 atom stereocenters. The van der Waals surface area contributed by atoms with Gasteiger partial charge in [-0.3, -0.25) is 0 Å². The molecular weight excluding hydrogens is 242 g/mol. The van der Waals surface area contributed by atoms with Crippen molar-refractivity contribution in [1.82, 2.24) is 9.97 Å². The lowest BCUT2D eigenvalue weighted by molar-refractivity contribution is 0.799. The number of thioether (sulfide) groups is 1. The van der Waals surface area contributed by atoms with E-state index in [0.29, 0.717) is 0 Å². The van der Waals surface area contributed by atoms with Gasteiger partial charge in [0.25, 0.3) is 0 Å². The highest BCUT2D eigenvalue weighted by Crippen LogP contribution is 2.26. The molecule has 0 aromatic carbocycles. The van der Waals surface area contributed by atoms with Crippen LogP contribution in [0.25, 0.3) is 0 Å². The van der Waals surface area contributed by atoms with Crippen molar-refractivity contribution in [2.24, 2.45) is 0 Å². The average molecular weight is 267 g/mol. The van der Waals surface area contributed by atoms with E-state index in [4.69, 9.17) is 0 Å². The van der Waals surface area contributed by atoms with Crippen LogP contribution in [0.1, 0.15) is 52.6 Å². The van der Waals surface area contributed by atoms with Crippen molar-refractivity contribution >= 4 is 17.6 Å². The van der Waals surface area contributed by atoms with Gasteiger partial charge in [-0.2, -0.15) is 0 Å². The van der Waals surface area contributed by atoms with E-state index in [-0.39, 0.29) is 4.75 Å². The number of hydrogen-bond donors (Lipinski definition) is 1. The summed E-state index contributed by atoms with van der Waals surface area (Å²) < 4.78 is 0.253. The topological polar surface area (TPSA) is 37.8 Å². The lowest BCUT2D eigenvalue weighted by Gasteiger charge is -2.17. The second kappa shape index (κ2) is 6.98. The van der Waals surface area contributed by atoms with E-state index in [9.17, 15) is 0 Å². The number of aryl methyl sites for hydroxylation is 1. The van der Waals surface area contributed by atoms with Crippen molar-refractivity contribution in [3.05, 3.63) is 17.6 Å². The molecule has 0 saturated heterocycles. The van der Waals surface area contributed by atoms with E-state index in [1.54, 1.807) is 0 Å². The molecule has 102 valence electrons. The van der Waals surface area contributed by atoms with E-state index in [1.807, 2.05) is 11.8 Å². The van der Waals surface area contributed by atoms with Crippen LogP contribution in [-0.4, -0.2) is 21.3 Å². The van der Waals surface area contributed by atoms with Crippen LogP contribution in [0.15, 0.2) is 6.07 Å². The number of nitrogens with one attached hydrogen (secondary N) is 1. The molecule has 1 N–H and O–H groups in total. The van der Waals surface area contributed by atoms with Gasteiger partial charge < -0.3 is 5.32 Å². The zero-order valence-corrected chi connectivity index (χ0v) is 13.0. The van der Waals surface area contributed by atoms with E-state index in [2.05, 4.69) is 56.0 Å². The fourth-order valence-electron chi connectivity index (χ4n) is 1.42. The predicted octanol–water partition coefficient (Wildman–Crippen LogP) is 3.89. The summed E-state index contributed by atoms with van der Waals surface area (Å²) in [6.07, 6.45) is 2.06. The maximum absolute atomic E-state index is 4.59. The second-order valence-corrected chi connectivity index (χ2v) is 7.14. The van der Waals surface area contributed by atoms with Gasteiger partial charge in [0, 0.05) is 23.1 Å². The zero-order valence-electron chi connectivity index (χ0n) is 12.2. The molecule has 0 unspecified atom stereocenters. The van der Waals surface area contributed by atoms with Gasteiger partial charge in [-0.15, -0.1) is 11.8 Å². The first-order valence-corrected chi connectivity index (χ1v) is 7.68. The third kappa shape index (κ3) is 5.71. The summed E-state index contributed by atoms with van der Waals surface area (Å²) in [7, 11) is 0. The number of aromatic nitrogens is 2. The fourth-order valence-corrected chi connectivity index (χ4v) is 2.11. The minimum Gasteiger partial charge on any atom is -0.370 e. The summed E-state index contributed by atoms with van der Waals surface area (Å²) in [6.45, 7) is 11.9. The Morgan fingerprint density at radius 2 is 1.94 bits per heavy atom. The van der Waals surface area contributed by atoms with Crippen LogP contribution in [0.2, 0.25) is 0 Å². The lowest BCUT2D eigenvalue weighted by atomic mass is 10.3. The van der Waals surface area contributed by atoms with Gasteiger partial charge >= 0.3 is 0 Å². The first-order chi connectivity index (χ1) is 8.44. The van der Waals surface area contributed by atoms with Gasteiger partial charge in [-0.05, 0) is 12.8 Å². The maximum Gasteiger partial charge on any atom is 0.140 e. The highest BCUT2D eigenvalue weighted by atomic mass is 32.2. The molecule has 0 spiro atoms. The standard InChI is InChI=1S/C14H25N3S/c1-6-8-15-12-9-11(7-2)16-13(17-12)10-18-14(3,4)5/h9H,6-8,10H2,1-5H3,(H,15,16,17). The van der Waals surface area contributed by atoms with Gasteiger partial charge in [0.15, 0.2) is 0 Å². The van der Waals surface area contributed by atoms with Gasteiger partial charge in [0.1, 0.15) is 11.6 Å². The van der Waals surface area contributed by atoms with Gasteiger partial charge in [0.05, 0.1) is 5.75 Å². The summed E-state index contributed by atoms with van der Waals surface area (Å²) >= 11 is 1.89. The molecule has 3 nitrogen and oxygen atoms in total. The fraction of sp³-hybridized carbons (Fsp3) is 0.714. The second-order valence-electron chi connectivity index (χ2n) is 5.34. The quantitative estimate of drug-likeness (QED) is 0.848. The van der Waals surface area contributed by atoms with E-state index >= 15 is 0 Å². The molecule has 18 heavy (non-hydrogen) atoms. The first kappa shape index (κ1) is 15.3. The third-order valence-corrected chi connectivity index (χ3v) is 3.65. The minimum atomic E-state index is 0.253. The SMILES string of the molecule is CCCNc1cc(CC)nc(CSC(C)(C)C)n1. The molecule has 0 aliphatic heterocycles. The summed E-state index contributed by atoms with van der Waals surface area (Å²) in [5, 5.41) is 3.35. The van der Waals surface area contributed by atoms with Crippen molar-refractivity contribution in [3.63, 3.8) is 0 Å². The van der Waals surface area contributed by atoms with Crippen LogP contribution >= 0.6 is 11.8 Å². The smallest absolute Gasteiger partial charge is 0.140 e. The number of hydrogen-bond acceptors (Lipinski definition) is 4. The molecule has 1 aromatic rings. The highest BCUT2D eigenvalue weighted by molar-refractivity contribution is 7.99. The Morgan fingerprint density at radius 1 is 1.22 bits per heavy atom. The Bertz CT molecular complexity index is 372. The molecule has 0 aliphatic rings. The Labute approximate surface area is 115 Å². The Hall–Kier alpha value is -0.770. The van der Waals surface area contributed by atoms with Crippen molar-refractivity contribution in [1.29, 1.82) is 0 Å².